The Kier molecular flexibility index (Phi) is 3.24. The van der Waals surface area contributed by atoms with Crippen LogP contribution in [-0.4, -0.2) is 34.2 Å². The third-order valence-corrected chi connectivity index (χ3v) is 3.00. The molecule has 0 spiro atoms. The van der Waals surface area contributed by atoms with Crippen LogP contribution in [0.15, 0.2) is 0 Å². The van der Waals surface area contributed by atoms with E-state index in [1.165, 1.54) is 0 Å². The van der Waals surface area contributed by atoms with Gasteiger partial charge in [-0.15, -0.1) is 0 Å². The Labute approximate surface area is 94.5 Å². The van der Waals surface area contributed by atoms with Gasteiger partial charge in [0, 0.05) is 19.5 Å². The van der Waals surface area contributed by atoms with Gasteiger partial charge in [-0.1, -0.05) is 0 Å². The van der Waals surface area contributed by atoms with Crippen LogP contribution >= 0.6 is 0 Å². The molecule has 2 N–H and O–H groups in total. The summed E-state index contributed by atoms with van der Waals surface area (Å²) in [6.45, 7) is 1.74. The molecule has 0 bridgehead atoms. The highest BCUT2D eigenvalue weighted by atomic mass is 16.4. The number of aromatic nitrogens is 2. The molecule has 88 valence electrons. The van der Waals surface area contributed by atoms with E-state index < -0.39 is 5.97 Å². The van der Waals surface area contributed by atoms with Crippen molar-refractivity contribution in [1.29, 1.82) is 0 Å². The molecule has 0 radical (unpaired) electrons. The number of carbonyl (C=O) groups is 1. The van der Waals surface area contributed by atoms with Crippen molar-refractivity contribution in [2.75, 3.05) is 13.6 Å². The van der Waals surface area contributed by atoms with Crippen LogP contribution in [-0.2, 0) is 19.4 Å². The van der Waals surface area contributed by atoms with Crippen LogP contribution in [0.2, 0.25) is 0 Å². The maximum Gasteiger partial charge on any atom is 0.356 e. The summed E-state index contributed by atoms with van der Waals surface area (Å²) < 4.78 is 2.09. The lowest BCUT2D eigenvalue weighted by Crippen LogP contribution is -2.17. The van der Waals surface area contributed by atoms with Gasteiger partial charge in [0.2, 0.25) is 0 Å². The largest absolute Gasteiger partial charge is 0.476 e. The number of hydrogen-bond acceptors (Lipinski definition) is 3. The summed E-state index contributed by atoms with van der Waals surface area (Å²) in [6, 6.07) is 0. The summed E-state index contributed by atoms with van der Waals surface area (Å²) in [4.78, 5) is 15.3. The fourth-order valence-electron chi connectivity index (χ4n) is 2.22. The predicted molar refractivity (Wildman–Crippen MR) is 59.8 cm³/mol. The quantitative estimate of drug-likeness (QED) is 0.787. The van der Waals surface area contributed by atoms with E-state index in [0.717, 1.165) is 50.3 Å². The van der Waals surface area contributed by atoms with E-state index in [2.05, 4.69) is 14.9 Å². The molecule has 1 aliphatic rings. The Morgan fingerprint density at radius 2 is 2.38 bits per heavy atom. The van der Waals surface area contributed by atoms with Gasteiger partial charge in [0.05, 0.1) is 5.69 Å². The molecule has 0 atom stereocenters. The van der Waals surface area contributed by atoms with E-state index in [-0.39, 0.29) is 5.69 Å². The number of rotatable bonds is 4. The molecule has 0 amide bonds. The SMILES string of the molecule is CNCCc1nc(C(=O)O)c2n1CCCC2. The third kappa shape index (κ3) is 1.95. The molecule has 0 fully saturated rings. The first-order valence-corrected chi connectivity index (χ1v) is 5.70. The van der Waals surface area contributed by atoms with Gasteiger partial charge in [-0.25, -0.2) is 9.78 Å². The third-order valence-electron chi connectivity index (χ3n) is 3.00. The number of carboxylic acid groups (broad SMARTS) is 1. The van der Waals surface area contributed by atoms with Gasteiger partial charge in [-0.2, -0.15) is 0 Å². The first kappa shape index (κ1) is 11.1. The molecule has 0 saturated carbocycles. The molecule has 1 aromatic rings. The second-order valence-corrected chi connectivity index (χ2v) is 4.09. The molecule has 0 aromatic carbocycles. The number of nitrogens with zero attached hydrogens (tertiary/aromatic N) is 2. The molecule has 0 aliphatic carbocycles. The lowest BCUT2D eigenvalue weighted by Gasteiger charge is -2.16. The number of carboxylic acids is 1. The number of likely N-dealkylation sites (N-methyl/N-ethyl adjacent to an activating group) is 1. The highest BCUT2D eigenvalue weighted by molar-refractivity contribution is 5.86. The molecular formula is C11H17N3O2. The molecule has 0 unspecified atom stereocenters. The van der Waals surface area contributed by atoms with E-state index in [0.29, 0.717) is 0 Å². The molecular weight excluding hydrogens is 206 g/mol. The molecule has 1 aromatic heterocycles. The van der Waals surface area contributed by atoms with Crippen LogP contribution in [0, 0.1) is 0 Å². The van der Waals surface area contributed by atoms with Crippen LogP contribution in [0.4, 0.5) is 0 Å². The van der Waals surface area contributed by atoms with Crippen LogP contribution in [0.3, 0.4) is 0 Å². The molecule has 5 nitrogen and oxygen atoms in total. The summed E-state index contributed by atoms with van der Waals surface area (Å²) in [5.74, 6) is 0.00260. The molecule has 0 saturated heterocycles. The van der Waals surface area contributed by atoms with E-state index in [1.54, 1.807) is 0 Å². The van der Waals surface area contributed by atoms with Crippen LogP contribution in [0.1, 0.15) is 34.8 Å². The van der Waals surface area contributed by atoms with E-state index in [1.807, 2.05) is 7.05 Å². The Morgan fingerprint density at radius 1 is 1.56 bits per heavy atom. The Hall–Kier alpha value is -1.36. The zero-order chi connectivity index (χ0) is 11.5. The average Bonchev–Trinajstić information content (AvgIpc) is 2.65. The topological polar surface area (TPSA) is 67.2 Å². The maximum atomic E-state index is 11.1. The van der Waals surface area contributed by atoms with Gasteiger partial charge in [-0.3, -0.25) is 0 Å². The summed E-state index contributed by atoms with van der Waals surface area (Å²) in [5, 5.41) is 12.1. The summed E-state index contributed by atoms with van der Waals surface area (Å²) in [6.07, 6.45) is 3.82. The van der Waals surface area contributed by atoms with Crippen LogP contribution in [0.5, 0.6) is 0 Å². The first-order chi connectivity index (χ1) is 7.74. The van der Waals surface area contributed by atoms with E-state index in [4.69, 9.17) is 5.11 Å². The van der Waals surface area contributed by atoms with Gasteiger partial charge in [0.15, 0.2) is 5.69 Å². The molecule has 1 aliphatic heterocycles. The standard InChI is InChI=1S/C11H17N3O2/c1-12-6-5-9-13-10(11(15)16)8-4-2-3-7-14(8)9/h12H,2-7H2,1H3,(H,15,16). The minimum Gasteiger partial charge on any atom is -0.476 e. The van der Waals surface area contributed by atoms with Crippen molar-refractivity contribution in [2.45, 2.75) is 32.2 Å². The minimum absolute atomic E-state index is 0.255. The molecule has 16 heavy (non-hydrogen) atoms. The monoisotopic (exact) mass is 223 g/mol. The first-order valence-electron chi connectivity index (χ1n) is 5.70. The van der Waals surface area contributed by atoms with Gasteiger partial charge < -0.3 is 15.0 Å². The number of nitrogens with one attached hydrogen (secondary N) is 1. The fraction of sp³-hybridized carbons (Fsp3) is 0.636. The predicted octanol–water partition coefficient (Wildman–Crippen LogP) is 0.679. The van der Waals surface area contributed by atoms with Crippen molar-refractivity contribution < 1.29 is 9.90 Å². The molecule has 2 heterocycles. The van der Waals surface area contributed by atoms with Crippen molar-refractivity contribution >= 4 is 5.97 Å². The van der Waals surface area contributed by atoms with E-state index >= 15 is 0 Å². The normalized spacial score (nSPS) is 14.8. The summed E-state index contributed by atoms with van der Waals surface area (Å²) >= 11 is 0. The smallest absolute Gasteiger partial charge is 0.356 e. The van der Waals surface area contributed by atoms with Crippen LogP contribution < -0.4 is 5.32 Å². The van der Waals surface area contributed by atoms with Crippen molar-refractivity contribution in [1.82, 2.24) is 14.9 Å². The van der Waals surface area contributed by atoms with E-state index in [9.17, 15) is 4.79 Å². The number of imidazole rings is 1. The zero-order valence-electron chi connectivity index (χ0n) is 9.49. The highest BCUT2D eigenvalue weighted by Crippen LogP contribution is 2.21. The van der Waals surface area contributed by atoms with Gasteiger partial charge in [-0.05, 0) is 26.3 Å². The fourth-order valence-corrected chi connectivity index (χ4v) is 2.22. The highest BCUT2D eigenvalue weighted by Gasteiger charge is 2.23. The van der Waals surface area contributed by atoms with Gasteiger partial charge >= 0.3 is 5.97 Å². The van der Waals surface area contributed by atoms with Gasteiger partial charge in [0.25, 0.3) is 0 Å². The number of aromatic carboxylic acids is 1. The molecule has 5 heteroatoms. The zero-order valence-corrected chi connectivity index (χ0v) is 9.49. The van der Waals surface area contributed by atoms with Crippen molar-refractivity contribution in [3.63, 3.8) is 0 Å². The van der Waals surface area contributed by atoms with Crippen molar-refractivity contribution in [3.05, 3.63) is 17.2 Å². The average molecular weight is 223 g/mol. The second kappa shape index (κ2) is 4.65. The Morgan fingerprint density at radius 3 is 3.06 bits per heavy atom. The Bertz CT molecular complexity index is 398. The lowest BCUT2D eigenvalue weighted by molar-refractivity contribution is 0.0689. The number of hydrogen-bond donors (Lipinski definition) is 2. The maximum absolute atomic E-state index is 11.1. The Balaban J connectivity index is 2.34. The minimum atomic E-state index is -0.902. The second-order valence-electron chi connectivity index (χ2n) is 4.09. The van der Waals surface area contributed by atoms with Gasteiger partial charge in [0.1, 0.15) is 5.82 Å². The van der Waals surface area contributed by atoms with Crippen molar-refractivity contribution in [2.24, 2.45) is 0 Å². The van der Waals surface area contributed by atoms with Crippen LogP contribution in [0.25, 0.3) is 0 Å². The molecule has 2 rings (SSSR count). The summed E-state index contributed by atoms with van der Waals surface area (Å²) in [7, 11) is 1.89. The number of fused-ring (bicyclic) bond motifs is 1. The summed E-state index contributed by atoms with van der Waals surface area (Å²) in [5.41, 5.74) is 1.16. The van der Waals surface area contributed by atoms with Crippen molar-refractivity contribution in [3.8, 4) is 0 Å². The lowest BCUT2D eigenvalue weighted by atomic mass is 10.1.